The molecule has 0 heterocycles. The van der Waals surface area contributed by atoms with E-state index in [1.54, 1.807) is 0 Å². The molecule has 0 aromatic rings. The first-order chi connectivity index (χ1) is 50.5. The Bertz CT molecular complexity index is 1980. The number of phosphoric ester groups is 2. The third kappa shape index (κ3) is 78.2. The van der Waals surface area contributed by atoms with Crippen molar-refractivity contribution >= 4 is 39.5 Å². The van der Waals surface area contributed by atoms with E-state index in [-0.39, 0.29) is 25.7 Å². The predicted octanol–water partition coefficient (Wildman–Crippen LogP) is 26.0. The van der Waals surface area contributed by atoms with Crippen LogP contribution in [0.3, 0.4) is 0 Å². The number of aliphatic hydroxyl groups is 1. The van der Waals surface area contributed by atoms with Crippen LogP contribution in [0, 0.1) is 5.92 Å². The summed E-state index contributed by atoms with van der Waals surface area (Å²) < 4.78 is 68.7. The molecule has 0 aromatic heterocycles. The van der Waals surface area contributed by atoms with E-state index in [2.05, 4.69) is 34.6 Å². The van der Waals surface area contributed by atoms with Crippen molar-refractivity contribution in [3.8, 4) is 0 Å². The molecule has 0 bridgehead atoms. The summed E-state index contributed by atoms with van der Waals surface area (Å²) >= 11 is 0. The Labute approximate surface area is 638 Å². The number of esters is 4. The van der Waals surface area contributed by atoms with Gasteiger partial charge >= 0.3 is 39.5 Å². The summed E-state index contributed by atoms with van der Waals surface area (Å²) in [6.45, 7) is 7.35. The molecule has 0 aliphatic heterocycles. The Morgan fingerprint density at radius 3 is 0.654 bits per heavy atom. The van der Waals surface area contributed by atoms with Gasteiger partial charge in [0.15, 0.2) is 12.2 Å². The lowest BCUT2D eigenvalue weighted by Gasteiger charge is -2.21. The number of unbranched alkanes of at least 4 members (excludes halogenated alkanes) is 57. The molecule has 0 saturated carbocycles. The number of aliphatic hydroxyl groups excluding tert-OH is 1. The van der Waals surface area contributed by atoms with E-state index in [1.165, 1.54) is 270 Å². The van der Waals surface area contributed by atoms with Gasteiger partial charge in [-0.2, -0.15) is 0 Å². The molecule has 618 valence electrons. The second-order valence-corrected chi connectivity index (χ2v) is 34.0. The molecule has 104 heavy (non-hydrogen) atoms. The average Bonchev–Trinajstić information content (AvgIpc) is 0.910. The molecule has 3 N–H and O–H groups in total. The monoisotopic (exact) mass is 1520 g/mol. The highest BCUT2D eigenvalue weighted by Gasteiger charge is 2.30. The van der Waals surface area contributed by atoms with Crippen LogP contribution in [0.25, 0.3) is 0 Å². The summed E-state index contributed by atoms with van der Waals surface area (Å²) in [5.41, 5.74) is 0. The van der Waals surface area contributed by atoms with Crippen molar-refractivity contribution in [3.63, 3.8) is 0 Å². The Morgan fingerprint density at radius 1 is 0.260 bits per heavy atom. The number of ether oxygens (including phenoxy) is 4. The molecule has 17 nitrogen and oxygen atoms in total. The van der Waals surface area contributed by atoms with Gasteiger partial charge in [-0.15, -0.1) is 0 Å². The number of rotatable bonds is 85. The molecule has 2 unspecified atom stereocenters. The molecule has 0 spiro atoms. The lowest BCUT2D eigenvalue weighted by atomic mass is 10.0. The largest absolute Gasteiger partial charge is 0.472 e. The SMILES string of the molecule is CCCCCCCCCCCCCCCCCCCCCC(=O)OC[C@H](COP(=O)(O)OC[C@@H](O)COP(=O)(O)OC[C@@H](COC(=O)CCCCCCCCC)OC(=O)CCCCCCCCCCCCCCCCCCC)OC(=O)CCCCCCCCCCCCCCCCCCCCC(C)C. The van der Waals surface area contributed by atoms with Crippen LogP contribution >= 0.6 is 15.6 Å². The van der Waals surface area contributed by atoms with Gasteiger partial charge in [0, 0.05) is 25.7 Å². The molecule has 0 aliphatic carbocycles. The van der Waals surface area contributed by atoms with Crippen LogP contribution in [-0.4, -0.2) is 96.7 Å². The van der Waals surface area contributed by atoms with Crippen LogP contribution in [0.2, 0.25) is 0 Å². The van der Waals surface area contributed by atoms with Gasteiger partial charge in [0.05, 0.1) is 26.4 Å². The first-order valence-corrected chi connectivity index (χ1v) is 47.1. The Morgan fingerprint density at radius 2 is 0.442 bits per heavy atom. The second kappa shape index (κ2) is 77.8. The predicted molar refractivity (Wildman–Crippen MR) is 428 cm³/mol. The maximum absolute atomic E-state index is 13.1. The molecule has 0 saturated heterocycles. The van der Waals surface area contributed by atoms with Crippen molar-refractivity contribution in [2.24, 2.45) is 5.92 Å². The third-order valence-electron chi connectivity index (χ3n) is 20.0. The Hall–Kier alpha value is -1.94. The number of hydrogen-bond donors (Lipinski definition) is 3. The van der Waals surface area contributed by atoms with Crippen LogP contribution < -0.4 is 0 Å². The number of hydrogen-bond acceptors (Lipinski definition) is 15. The third-order valence-corrected chi connectivity index (χ3v) is 21.9. The van der Waals surface area contributed by atoms with Crippen molar-refractivity contribution in [1.29, 1.82) is 0 Å². The molecule has 0 fully saturated rings. The smallest absolute Gasteiger partial charge is 0.462 e. The lowest BCUT2D eigenvalue weighted by Crippen LogP contribution is -2.30. The van der Waals surface area contributed by atoms with E-state index in [9.17, 15) is 43.2 Å². The fraction of sp³-hybridized carbons (Fsp3) is 0.953. The zero-order valence-corrected chi connectivity index (χ0v) is 70.0. The van der Waals surface area contributed by atoms with Gasteiger partial charge < -0.3 is 33.8 Å². The highest BCUT2D eigenvalue weighted by molar-refractivity contribution is 7.47. The van der Waals surface area contributed by atoms with Crippen molar-refractivity contribution in [1.82, 2.24) is 0 Å². The Kier molecular flexibility index (Phi) is 76.3. The molecule has 0 amide bonds. The molecule has 0 radical (unpaired) electrons. The minimum atomic E-state index is -4.96. The molecule has 0 rings (SSSR count). The molecule has 0 aromatic carbocycles. The van der Waals surface area contributed by atoms with Gasteiger partial charge in [0.25, 0.3) is 0 Å². The summed E-state index contributed by atoms with van der Waals surface area (Å²) in [5, 5.41) is 10.6. The summed E-state index contributed by atoms with van der Waals surface area (Å²) in [6.07, 6.45) is 71.1. The summed E-state index contributed by atoms with van der Waals surface area (Å²) in [6, 6.07) is 0. The van der Waals surface area contributed by atoms with Crippen LogP contribution in [0.1, 0.15) is 458 Å². The van der Waals surface area contributed by atoms with Crippen molar-refractivity contribution < 1.29 is 80.2 Å². The molecule has 0 aliphatic rings. The maximum Gasteiger partial charge on any atom is 0.472 e. The fourth-order valence-electron chi connectivity index (χ4n) is 13.3. The van der Waals surface area contributed by atoms with Gasteiger partial charge in [-0.25, -0.2) is 9.13 Å². The minimum absolute atomic E-state index is 0.109. The van der Waals surface area contributed by atoms with E-state index in [4.69, 9.17) is 37.0 Å². The van der Waals surface area contributed by atoms with Crippen molar-refractivity contribution in [2.75, 3.05) is 39.6 Å². The number of phosphoric acid groups is 2. The summed E-state index contributed by atoms with van der Waals surface area (Å²) in [4.78, 5) is 73.0. The highest BCUT2D eigenvalue weighted by Crippen LogP contribution is 2.45. The summed E-state index contributed by atoms with van der Waals surface area (Å²) in [7, 11) is -9.92. The first-order valence-electron chi connectivity index (χ1n) is 44.1. The quantitative estimate of drug-likeness (QED) is 0.0222. The molecular weight excluding hydrogens is 1350 g/mol. The zero-order valence-electron chi connectivity index (χ0n) is 68.2. The van der Waals surface area contributed by atoms with Crippen LogP contribution in [-0.2, 0) is 65.4 Å². The van der Waals surface area contributed by atoms with Gasteiger partial charge in [0.2, 0.25) is 0 Å². The number of carbonyl (C=O) groups is 4. The summed E-state index contributed by atoms with van der Waals surface area (Å²) in [5.74, 6) is -1.29. The average molecular weight is 1520 g/mol. The highest BCUT2D eigenvalue weighted by atomic mass is 31.2. The zero-order chi connectivity index (χ0) is 76.2. The van der Waals surface area contributed by atoms with Crippen LogP contribution in [0.15, 0.2) is 0 Å². The van der Waals surface area contributed by atoms with Crippen LogP contribution in [0.5, 0.6) is 0 Å². The first kappa shape index (κ1) is 102. The van der Waals surface area contributed by atoms with E-state index in [0.29, 0.717) is 25.7 Å². The molecular formula is C85H166O17P2. The number of carbonyl (C=O) groups excluding carboxylic acids is 4. The maximum atomic E-state index is 13.1. The van der Waals surface area contributed by atoms with Crippen LogP contribution in [0.4, 0.5) is 0 Å². The van der Waals surface area contributed by atoms with E-state index in [1.807, 2.05) is 0 Å². The van der Waals surface area contributed by atoms with E-state index < -0.39 is 97.5 Å². The van der Waals surface area contributed by atoms with E-state index in [0.717, 1.165) is 109 Å². The van der Waals surface area contributed by atoms with Gasteiger partial charge in [-0.3, -0.25) is 37.3 Å². The topological polar surface area (TPSA) is 237 Å². The molecule has 19 heteroatoms. The van der Waals surface area contributed by atoms with Gasteiger partial charge in [-0.05, 0) is 31.6 Å². The standard InChI is InChI=1S/C85H166O17P2/c1-6-9-12-15-18-20-22-24-26-28-29-34-37-41-45-49-54-59-64-69-83(88)96-75-81(102-85(90)71-66-61-56-51-47-43-39-35-31-30-33-36-40-44-48-53-57-62-67-78(4)5)77-100-104(93,94)98-73-79(86)72-97-103(91,92)99-76-80(74-95-82(87)68-63-58-52-17-14-11-8-3)101-84(89)70-65-60-55-50-46-42-38-32-27-25-23-21-19-16-13-10-7-2/h78-81,86H,6-77H2,1-5H3,(H,91,92)(H,93,94)/t79-,80+,81+/m0/s1. The van der Waals surface area contributed by atoms with Gasteiger partial charge in [0.1, 0.15) is 19.3 Å². The Balaban J connectivity index is 5.16. The second-order valence-electron chi connectivity index (χ2n) is 31.1. The van der Waals surface area contributed by atoms with Crippen molar-refractivity contribution in [3.05, 3.63) is 0 Å². The molecule has 5 atom stereocenters. The fourth-order valence-corrected chi connectivity index (χ4v) is 14.9. The normalized spacial score (nSPS) is 13.8. The minimum Gasteiger partial charge on any atom is -0.462 e. The lowest BCUT2D eigenvalue weighted by molar-refractivity contribution is -0.161. The van der Waals surface area contributed by atoms with Crippen molar-refractivity contribution in [2.45, 2.75) is 477 Å². The van der Waals surface area contributed by atoms with E-state index >= 15 is 0 Å². The van der Waals surface area contributed by atoms with Gasteiger partial charge in [-0.1, -0.05) is 407 Å².